The molecule has 1 fully saturated rings. The van der Waals surface area contributed by atoms with Gasteiger partial charge in [0.2, 0.25) is 0 Å². The fraction of sp³-hybridized carbons (Fsp3) is 0.438. The lowest BCUT2D eigenvalue weighted by molar-refractivity contribution is 0.184. The van der Waals surface area contributed by atoms with Crippen molar-refractivity contribution in [3.63, 3.8) is 0 Å². The number of hydrogen-bond donors (Lipinski definition) is 1. The van der Waals surface area contributed by atoms with Gasteiger partial charge in [-0.3, -0.25) is 4.98 Å². The Hall–Kier alpha value is -1.45. The van der Waals surface area contributed by atoms with Gasteiger partial charge in [-0.15, -0.1) is 0 Å². The molecule has 0 amide bonds. The molecule has 1 N–H and O–H groups in total. The first-order valence-electron chi connectivity index (χ1n) is 7.03. The predicted octanol–water partition coefficient (Wildman–Crippen LogP) is 2.75. The summed E-state index contributed by atoms with van der Waals surface area (Å²) in [5, 5.41) is 6.04. The summed E-state index contributed by atoms with van der Waals surface area (Å²) < 4.78 is 5.39. The summed E-state index contributed by atoms with van der Waals surface area (Å²) in [6.45, 7) is 3.83. The minimum atomic E-state index is 0.748. The number of pyridine rings is 1. The molecular formula is C16H20N2O. The van der Waals surface area contributed by atoms with E-state index in [2.05, 4.69) is 34.6 Å². The zero-order valence-electron chi connectivity index (χ0n) is 11.1. The van der Waals surface area contributed by atoms with Gasteiger partial charge in [-0.2, -0.15) is 0 Å². The Morgan fingerprint density at radius 1 is 1.26 bits per heavy atom. The van der Waals surface area contributed by atoms with Crippen LogP contribution in [0.15, 0.2) is 36.7 Å². The van der Waals surface area contributed by atoms with Gasteiger partial charge in [-0.1, -0.05) is 24.3 Å². The first-order chi connectivity index (χ1) is 9.43. The van der Waals surface area contributed by atoms with E-state index < -0.39 is 0 Å². The molecule has 19 heavy (non-hydrogen) atoms. The lowest BCUT2D eigenvalue weighted by atomic mass is 10.1. The summed E-state index contributed by atoms with van der Waals surface area (Å²) in [5.74, 6) is 0.748. The second-order valence-corrected chi connectivity index (χ2v) is 5.21. The van der Waals surface area contributed by atoms with E-state index in [1.807, 2.05) is 12.4 Å². The quantitative estimate of drug-likeness (QED) is 0.835. The average molecular weight is 256 g/mol. The lowest BCUT2D eigenvalue weighted by Gasteiger charge is -2.10. The summed E-state index contributed by atoms with van der Waals surface area (Å²) in [7, 11) is 0. The van der Waals surface area contributed by atoms with Crippen LogP contribution in [-0.4, -0.2) is 24.7 Å². The molecular weight excluding hydrogens is 236 g/mol. The first kappa shape index (κ1) is 12.6. The maximum Gasteiger partial charge on any atom is 0.0495 e. The summed E-state index contributed by atoms with van der Waals surface area (Å²) in [6, 6.07) is 8.42. The smallest absolute Gasteiger partial charge is 0.0495 e. The van der Waals surface area contributed by atoms with Crippen molar-refractivity contribution >= 4 is 10.8 Å². The number of nitrogens with one attached hydrogen (secondary N) is 1. The Kier molecular flexibility index (Phi) is 4.06. The minimum Gasteiger partial charge on any atom is -0.381 e. The minimum absolute atomic E-state index is 0.748. The monoisotopic (exact) mass is 256 g/mol. The van der Waals surface area contributed by atoms with Gasteiger partial charge in [0.05, 0.1) is 0 Å². The average Bonchev–Trinajstić information content (AvgIpc) is 2.97. The van der Waals surface area contributed by atoms with E-state index in [0.29, 0.717) is 0 Å². The van der Waals surface area contributed by atoms with Crippen LogP contribution in [0.3, 0.4) is 0 Å². The van der Waals surface area contributed by atoms with E-state index in [-0.39, 0.29) is 0 Å². The fourth-order valence-corrected chi connectivity index (χ4v) is 2.66. The maximum absolute atomic E-state index is 5.39. The van der Waals surface area contributed by atoms with Gasteiger partial charge in [0.15, 0.2) is 0 Å². The highest BCUT2D eigenvalue weighted by molar-refractivity contribution is 5.84. The number of nitrogens with zero attached hydrogens (tertiary/aromatic N) is 1. The zero-order chi connectivity index (χ0) is 12.9. The van der Waals surface area contributed by atoms with Crippen molar-refractivity contribution in [2.24, 2.45) is 5.92 Å². The molecule has 1 aromatic heterocycles. The third-order valence-electron chi connectivity index (χ3n) is 3.82. The molecule has 2 aromatic rings. The van der Waals surface area contributed by atoms with E-state index in [9.17, 15) is 0 Å². The van der Waals surface area contributed by atoms with Crippen LogP contribution in [0, 0.1) is 5.92 Å². The topological polar surface area (TPSA) is 34.1 Å². The molecule has 3 rings (SSSR count). The molecule has 3 nitrogen and oxygen atoms in total. The van der Waals surface area contributed by atoms with Gasteiger partial charge < -0.3 is 10.1 Å². The van der Waals surface area contributed by atoms with Crippen molar-refractivity contribution in [3.05, 3.63) is 42.2 Å². The van der Waals surface area contributed by atoms with Crippen LogP contribution in [0.1, 0.15) is 18.4 Å². The molecule has 1 aliphatic heterocycles. The second-order valence-electron chi connectivity index (χ2n) is 5.21. The molecule has 2 heterocycles. The predicted molar refractivity (Wildman–Crippen MR) is 77.0 cm³/mol. The third kappa shape index (κ3) is 3.11. The fourth-order valence-electron chi connectivity index (χ4n) is 2.66. The highest BCUT2D eigenvalue weighted by atomic mass is 16.5. The zero-order valence-corrected chi connectivity index (χ0v) is 11.1. The van der Waals surface area contributed by atoms with Crippen LogP contribution in [0.4, 0.5) is 0 Å². The first-order valence-corrected chi connectivity index (χ1v) is 7.03. The Balaban J connectivity index is 1.56. The number of aromatic nitrogens is 1. The molecule has 1 aromatic carbocycles. The van der Waals surface area contributed by atoms with Crippen molar-refractivity contribution in [3.8, 4) is 0 Å². The molecule has 1 saturated heterocycles. The van der Waals surface area contributed by atoms with Crippen LogP contribution < -0.4 is 5.32 Å². The van der Waals surface area contributed by atoms with Crippen molar-refractivity contribution in [1.82, 2.24) is 10.3 Å². The molecule has 0 radical (unpaired) electrons. The van der Waals surface area contributed by atoms with Crippen molar-refractivity contribution in [1.29, 1.82) is 0 Å². The van der Waals surface area contributed by atoms with Crippen LogP contribution in [0.25, 0.3) is 10.8 Å². The molecule has 0 aliphatic carbocycles. The number of benzene rings is 1. The summed E-state index contributed by atoms with van der Waals surface area (Å²) in [4.78, 5) is 4.31. The Morgan fingerprint density at radius 2 is 2.21 bits per heavy atom. The number of fused-ring (bicyclic) bond motifs is 1. The third-order valence-corrected chi connectivity index (χ3v) is 3.82. The van der Waals surface area contributed by atoms with Crippen molar-refractivity contribution < 1.29 is 4.74 Å². The highest BCUT2D eigenvalue weighted by Crippen LogP contribution is 2.17. The van der Waals surface area contributed by atoms with Crippen molar-refractivity contribution in [2.45, 2.75) is 19.4 Å². The molecule has 1 atom stereocenters. The van der Waals surface area contributed by atoms with E-state index in [1.54, 1.807) is 0 Å². The van der Waals surface area contributed by atoms with E-state index >= 15 is 0 Å². The molecule has 0 spiro atoms. The van der Waals surface area contributed by atoms with Crippen molar-refractivity contribution in [2.75, 3.05) is 19.8 Å². The van der Waals surface area contributed by atoms with Gasteiger partial charge in [-0.25, -0.2) is 0 Å². The molecule has 3 heteroatoms. The largest absolute Gasteiger partial charge is 0.381 e. The number of rotatable bonds is 5. The van der Waals surface area contributed by atoms with Gasteiger partial charge in [0.1, 0.15) is 0 Å². The Bertz CT molecular complexity index is 530. The maximum atomic E-state index is 5.39. The summed E-state index contributed by atoms with van der Waals surface area (Å²) >= 11 is 0. The summed E-state index contributed by atoms with van der Waals surface area (Å²) in [5.41, 5.74) is 1.28. The molecule has 0 bridgehead atoms. The molecule has 100 valence electrons. The van der Waals surface area contributed by atoms with E-state index in [1.165, 1.54) is 29.2 Å². The van der Waals surface area contributed by atoms with Crippen LogP contribution >= 0.6 is 0 Å². The Labute approximate surface area is 114 Å². The SMILES string of the molecule is c1ccc2c(CNCCC3CCOC3)cncc2c1. The van der Waals surface area contributed by atoms with Crippen LogP contribution in [0.5, 0.6) is 0 Å². The van der Waals surface area contributed by atoms with Gasteiger partial charge in [0, 0.05) is 37.5 Å². The van der Waals surface area contributed by atoms with Crippen LogP contribution in [-0.2, 0) is 11.3 Å². The second kappa shape index (κ2) is 6.13. The van der Waals surface area contributed by atoms with E-state index in [0.717, 1.165) is 32.2 Å². The Morgan fingerprint density at radius 3 is 3.11 bits per heavy atom. The highest BCUT2D eigenvalue weighted by Gasteiger charge is 2.14. The van der Waals surface area contributed by atoms with Crippen LogP contribution in [0.2, 0.25) is 0 Å². The normalized spacial score (nSPS) is 19.1. The standard InChI is InChI=1S/C16H20N2O/c1-2-4-16-14(3-1)9-18-11-15(16)10-17-7-5-13-6-8-19-12-13/h1-4,9,11,13,17H,5-8,10,12H2. The number of hydrogen-bond acceptors (Lipinski definition) is 3. The number of ether oxygens (including phenoxy) is 1. The van der Waals surface area contributed by atoms with Gasteiger partial charge in [-0.05, 0) is 36.3 Å². The molecule has 0 saturated carbocycles. The van der Waals surface area contributed by atoms with E-state index in [4.69, 9.17) is 4.74 Å². The van der Waals surface area contributed by atoms with Gasteiger partial charge >= 0.3 is 0 Å². The summed E-state index contributed by atoms with van der Waals surface area (Å²) in [6.07, 6.45) is 6.32. The van der Waals surface area contributed by atoms with Gasteiger partial charge in [0.25, 0.3) is 0 Å². The molecule has 1 unspecified atom stereocenters. The molecule has 1 aliphatic rings. The lowest BCUT2D eigenvalue weighted by Crippen LogP contribution is -2.18.